The number of hydrogen-bond acceptors (Lipinski definition) is 4. The molecule has 0 bridgehead atoms. The van der Waals surface area contributed by atoms with Crippen LogP contribution in [0.4, 0.5) is 11.4 Å². The minimum atomic E-state index is -3.73. The molecule has 0 aromatic heterocycles. The van der Waals surface area contributed by atoms with Crippen molar-refractivity contribution in [3.8, 4) is 0 Å². The average molecular weight is 326 g/mol. The number of primary sulfonamides is 1. The summed E-state index contributed by atoms with van der Waals surface area (Å²) in [6.45, 7) is 0.611. The molecule has 112 valence electrons. The third-order valence-corrected chi connectivity index (χ3v) is 4.16. The second kappa shape index (κ2) is 6.34. The van der Waals surface area contributed by atoms with Gasteiger partial charge in [-0.25, -0.2) is 13.6 Å². The SMILES string of the molecule is Nc1ccc(S(N)(=O)=O)cc1NCCc1ccc(Cl)cc1. The van der Waals surface area contributed by atoms with Gasteiger partial charge in [-0.3, -0.25) is 0 Å². The highest BCUT2D eigenvalue weighted by atomic mass is 35.5. The number of rotatable bonds is 5. The van der Waals surface area contributed by atoms with Crippen molar-refractivity contribution in [2.75, 3.05) is 17.6 Å². The summed E-state index contributed by atoms with van der Waals surface area (Å²) in [6.07, 6.45) is 0.760. The van der Waals surface area contributed by atoms with Gasteiger partial charge >= 0.3 is 0 Å². The van der Waals surface area contributed by atoms with Crippen LogP contribution in [0.5, 0.6) is 0 Å². The topological polar surface area (TPSA) is 98.2 Å². The number of hydrogen-bond donors (Lipinski definition) is 3. The molecule has 2 rings (SSSR count). The third kappa shape index (κ3) is 4.35. The highest BCUT2D eigenvalue weighted by Gasteiger charge is 2.10. The molecule has 5 nitrogen and oxygen atoms in total. The standard InChI is InChI=1S/C14H16ClN3O2S/c15-11-3-1-10(2-4-11)7-8-18-14-9-12(21(17,19)20)5-6-13(14)16/h1-6,9,18H,7-8,16H2,(H2,17,19,20). The van der Waals surface area contributed by atoms with E-state index in [-0.39, 0.29) is 4.90 Å². The summed E-state index contributed by atoms with van der Waals surface area (Å²) in [5.41, 5.74) is 7.96. The predicted molar refractivity (Wildman–Crippen MR) is 85.9 cm³/mol. The van der Waals surface area contributed by atoms with Crippen molar-refractivity contribution in [3.05, 3.63) is 53.1 Å². The van der Waals surface area contributed by atoms with Crippen LogP contribution in [0.3, 0.4) is 0 Å². The van der Waals surface area contributed by atoms with E-state index < -0.39 is 10.0 Å². The maximum Gasteiger partial charge on any atom is 0.238 e. The molecule has 0 saturated carbocycles. The van der Waals surface area contributed by atoms with Crippen LogP contribution >= 0.6 is 11.6 Å². The molecule has 2 aromatic carbocycles. The molecule has 0 unspecified atom stereocenters. The van der Waals surface area contributed by atoms with Crippen LogP contribution < -0.4 is 16.2 Å². The first-order valence-corrected chi connectivity index (χ1v) is 8.19. The molecule has 0 aliphatic heterocycles. The molecule has 7 heteroatoms. The van der Waals surface area contributed by atoms with Crippen molar-refractivity contribution in [3.63, 3.8) is 0 Å². The summed E-state index contributed by atoms with van der Waals surface area (Å²) in [4.78, 5) is 0.0330. The van der Waals surface area contributed by atoms with Gasteiger partial charge in [0, 0.05) is 11.6 Å². The average Bonchev–Trinajstić information content (AvgIpc) is 2.42. The summed E-state index contributed by atoms with van der Waals surface area (Å²) >= 11 is 5.82. The fraction of sp³-hybridized carbons (Fsp3) is 0.143. The Morgan fingerprint density at radius 1 is 1.10 bits per heavy atom. The van der Waals surface area contributed by atoms with E-state index in [1.807, 2.05) is 24.3 Å². The highest BCUT2D eigenvalue weighted by Crippen LogP contribution is 2.22. The van der Waals surface area contributed by atoms with E-state index >= 15 is 0 Å². The predicted octanol–water partition coefficient (Wildman–Crippen LogP) is 2.22. The van der Waals surface area contributed by atoms with Crippen molar-refractivity contribution in [2.24, 2.45) is 5.14 Å². The zero-order valence-electron chi connectivity index (χ0n) is 11.2. The Morgan fingerprint density at radius 3 is 2.38 bits per heavy atom. The molecule has 0 saturated heterocycles. The van der Waals surface area contributed by atoms with Crippen molar-refractivity contribution < 1.29 is 8.42 Å². The lowest BCUT2D eigenvalue weighted by atomic mass is 10.1. The Labute approximate surface area is 129 Å². The molecular weight excluding hydrogens is 310 g/mol. The lowest BCUT2D eigenvalue weighted by molar-refractivity contribution is 0.598. The van der Waals surface area contributed by atoms with E-state index in [0.717, 1.165) is 12.0 Å². The minimum absolute atomic E-state index is 0.0330. The molecule has 0 spiro atoms. The van der Waals surface area contributed by atoms with E-state index in [0.29, 0.717) is 22.9 Å². The van der Waals surface area contributed by atoms with Crippen LogP contribution in [0.2, 0.25) is 5.02 Å². The zero-order valence-corrected chi connectivity index (χ0v) is 12.8. The van der Waals surface area contributed by atoms with Crippen LogP contribution in [0.1, 0.15) is 5.56 Å². The molecule has 0 aliphatic rings. The molecular formula is C14H16ClN3O2S. The molecule has 0 aliphatic carbocycles. The van der Waals surface area contributed by atoms with Gasteiger partial charge in [0.1, 0.15) is 0 Å². The molecule has 21 heavy (non-hydrogen) atoms. The molecule has 0 amide bonds. The van der Waals surface area contributed by atoms with Crippen molar-refractivity contribution in [2.45, 2.75) is 11.3 Å². The number of benzene rings is 2. The van der Waals surface area contributed by atoms with Crippen LogP contribution in [-0.4, -0.2) is 15.0 Å². The Hall–Kier alpha value is -1.76. The minimum Gasteiger partial charge on any atom is -0.397 e. The van der Waals surface area contributed by atoms with Gasteiger partial charge < -0.3 is 11.1 Å². The number of nitrogens with one attached hydrogen (secondary N) is 1. The number of nitrogens with two attached hydrogens (primary N) is 2. The van der Waals surface area contributed by atoms with Crippen LogP contribution in [0, 0.1) is 0 Å². The maximum atomic E-state index is 11.3. The lowest BCUT2D eigenvalue weighted by Crippen LogP contribution is -2.13. The summed E-state index contributed by atoms with van der Waals surface area (Å²) in [7, 11) is -3.73. The molecule has 0 fully saturated rings. The van der Waals surface area contributed by atoms with Gasteiger partial charge in [0.25, 0.3) is 0 Å². The summed E-state index contributed by atoms with van der Waals surface area (Å²) in [5, 5.41) is 8.90. The normalized spacial score (nSPS) is 11.3. The fourth-order valence-electron chi connectivity index (χ4n) is 1.86. The van der Waals surface area contributed by atoms with Gasteiger partial charge in [-0.2, -0.15) is 0 Å². The van der Waals surface area contributed by atoms with Gasteiger partial charge in [-0.15, -0.1) is 0 Å². The number of halogens is 1. The summed E-state index contributed by atoms with van der Waals surface area (Å²) in [6, 6.07) is 11.9. The fourth-order valence-corrected chi connectivity index (χ4v) is 2.52. The van der Waals surface area contributed by atoms with E-state index in [2.05, 4.69) is 5.32 Å². The van der Waals surface area contributed by atoms with Crippen LogP contribution in [0.15, 0.2) is 47.4 Å². The Balaban J connectivity index is 2.04. The van der Waals surface area contributed by atoms with E-state index in [9.17, 15) is 8.42 Å². The van der Waals surface area contributed by atoms with E-state index in [1.165, 1.54) is 18.2 Å². The van der Waals surface area contributed by atoms with Crippen LogP contribution in [0.25, 0.3) is 0 Å². The quantitative estimate of drug-likeness (QED) is 0.734. The molecule has 0 atom stereocenters. The zero-order chi connectivity index (χ0) is 15.5. The van der Waals surface area contributed by atoms with Gasteiger partial charge in [-0.05, 0) is 42.3 Å². The monoisotopic (exact) mass is 325 g/mol. The first-order valence-electron chi connectivity index (χ1n) is 6.27. The Morgan fingerprint density at radius 2 is 1.76 bits per heavy atom. The first kappa shape index (κ1) is 15.6. The van der Waals surface area contributed by atoms with Gasteiger partial charge in [0.05, 0.1) is 16.3 Å². The smallest absolute Gasteiger partial charge is 0.238 e. The molecule has 2 aromatic rings. The van der Waals surface area contributed by atoms with E-state index in [1.54, 1.807) is 0 Å². The van der Waals surface area contributed by atoms with Crippen LogP contribution in [-0.2, 0) is 16.4 Å². The summed E-state index contributed by atoms with van der Waals surface area (Å²) in [5.74, 6) is 0. The van der Waals surface area contributed by atoms with Gasteiger partial charge in [0.2, 0.25) is 10.0 Å². The van der Waals surface area contributed by atoms with Gasteiger partial charge in [0.15, 0.2) is 0 Å². The summed E-state index contributed by atoms with van der Waals surface area (Å²) < 4.78 is 22.6. The lowest BCUT2D eigenvalue weighted by Gasteiger charge is -2.11. The van der Waals surface area contributed by atoms with E-state index in [4.69, 9.17) is 22.5 Å². The molecule has 0 radical (unpaired) electrons. The number of nitrogen functional groups attached to an aromatic ring is 1. The van der Waals surface area contributed by atoms with Crippen molar-refractivity contribution >= 4 is 33.0 Å². The molecule has 0 heterocycles. The van der Waals surface area contributed by atoms with Gasteiger partial charge in [-0.1, -0.05) is 23.7 Å². The number of anilines is 2. The Kier molecular flexibility index (Phi) is 4.72. The second-order valence-electron chi connectivity index (χ2n) is 4.60. The van der Waals surface area contributed by atoms with Crippen molar-refractivity contribution in [1.29, 1.82) is 0 Å². The van der Waals surface area contributed by atoms with Crippen molar-refractivity contribution in [1.82, 2.24) is 0 Å². The largest absolute Gasteiger partial charge is 0.397 e. The second-order valence-corrected chi connectivity index (χ2v) is 6.60. The maximum absolute atomic E-state index is 11.3. The Bertz CT molecular complexity index is 730. The number of sulfonamides is 1. The first-order chi connectivity index (χ1) is 9.86. The molecule has 5 N–H and O–H groups in total. The third-order valence-electron chi connectivity index (χ3n) is 3.00. The highest BCUT2D eigenvalue weighted by molar-refractivity contribution is 7.89.